The molecule has 0 radical (unpaired) electrons. The van der Waals surface area contributed by atoms with Crippen LogP contribution in [0.3, 0.4) is 0 Å². The molecule has 0 atom stereocenters. The van der Waals surface area contributed by atoms with Crippen molar-refractivity contribution >= 4 is 26.8 Å². The molecule has 2 aromatic rings. The number of carbonyl (C=O) groups is 1. The number of hydrogen-bond acceptors (Lipinski definition) is 3. The van der Waals surface area contributed by atoms with Gasteiger partial charge in [0.05, 0.1) is 4.90 Å². The standard InChI is InChI=1S/C19H17FO3S.C8H16.C2H6/c1-4-18(14-7-11-17(12-8-14)24(3,22)23)19(13(2)21)15-5-9-16(20)10-6-15;1-2-8-6-4-3-5-7-8;1-2/h4-12H,1H2,2-3H3;8H,2-7H2,1H3;1-2H3/b19-18-;;. The first-order chi connectivity index (χ1) is 16.2. The van der Waals surface area contributed by atoms with Crippen LogP contribution in [0.4, 0.5) is 4.39 Å². The SMILES string of the molecule is C=C/C(=C(\C(C)=O)c1ccc(F)cc1)c1ccc(S(C)(=O)=O)cc1.CC.CCC1CCCCC1. The van der Waals surface area contributed by atoms with Crippen molar-refractivity contribution in [3.05, 3.63) is 78.1 Å². The van der Waals surface area contributed by atoms with Crippen molar-refractivity contribution in [2.75, 3.05) is 6.26 Å². The lowest BCUT2D eigenvalue weighted by atomic mass is 9.88. The third-order valence-electron chi connectivity index (χ3n) is 5.85. The van der Waals surface area contributed by atoms with Gasteiger partial charge in [0, 0.05) is 11.8 Å². The summed E-state index contributed by atoms with van der Waals surface area (Å²) in [4.78, 5) is 12.3. The Morgan fingerprint density at radius 2 is 1.47 bits per heavy atom. The molecule has 0 spiro atoms. The van der Waals surface area contributed by atoms with Gasteiger partial charge < -0.3 is 0 Å². The molecule has 5 heteroatoms. The summed E-state index contributed by atoms with van der Waals surface area (Å²) < 4.78 is 36.2. The molecule has 2 aromatic carbocycles. The van der Waals surface area contributed by atoms with Crippen LogP contribution in [-0.2, 0) is 14.6 Å². The van der Waals surface area contributed by atoms with Crippen LogP contribution in [0.25, 0.3) is 11.1 Å². The van der Waals surface area contributed by atoms with Gasteiger partial charge in [-0.05, 0) is 53.8 Å². The third-order valence-corrected chi connectivity index (χ3v) is 6.98. The number of benzene rings is 2. The first-order valence-electron chi connectivity index (χ1n) is 12.1. The van der Waals surface area contributed by atoms with Gasteiger partial charge in [-0.1, -0.05) is 96.2 Å². The molecule has 0 heterocycles. The topological polar surface area (TPSA) is 51.2 Å². The van der Waals surface area contributed by atoms with Crippen LogP contribution >= 0.6 is 0 Å². The Hall–Kier alpha value is -2.53. The lowest BCUT2D eigenvalue weighted by Crippen LogP contribution is -2.03. The second-order valence-electron chi connectivity index (χ2n) is 8.26. The molecule has 0 N–H and O–H groups in total. The summed E-state index contributed by atoms with van der Waals surface area (Å²) in [5, 5.41) is 0. The fourth-order valence-electron chi connectivity index (χ4n) is 4.01. The Morgan fingerprint density at radius 1 is 0.971 bits per heavy atom. The molecule has 0 aliphatic heterocycles. The summed E-state index contributed by atoms with van der Waals surface area (Å²) in [5.74, 6) is 0.506. The van der Waals surface area contributed by atoms with Gasteiger partial charge in [0.25, 0.3) is 0 Å². The van der Waals surface area contributed by atoms with E-state index < -0.39 is 9.84 Å². The van der Waals surface area contributed by atoms with Crippen molar-refractivity contribution in [2.24, 2.45) is 5.92 Å². The van der Waals surface area contributed by atoms with Gasteiger partial charge in [0.2, 0.25) is 0 Å². The predicted molar refractivity (Wildman–Crippen MR) is 142 cm³/mol. The Kier molecular flexibility index (Phi) is 12.7. The summed E-state index contributed by atoms with van der Waals surface area (Å²) in [6.45, 7) is 11.5. The van der Waals surface area contributed by atoms with E-state index in [-0.39, 0.29) is 16.5 Å². The minimum atomic E-state index is -3.30. The highest BCUT2D eigenvalue weighted by Crippen LogP contribution is 2.29. The quantitative estimate of drug-likeness (QED) is 0.237. The highest BCUT2D eigenvalue weighted by Gasteiger charge is 2.15. The molecule has 0 unspecified atom stereocenters. The number of Topliss-reactive ketones (excluding diaryl/α,β-unsaturated/α-hetero) is 1. The van der Waals surface area contributed by atoms with Crippen LogP contribution in [0, 0.1) is 11.7 Å². The largest absolute Gasteiger partial charge is 0.294 e. The molecular weight excluding hydrogens is 447 g/mol. The number of rotatable bonds is 6. The van der Waals surface area contributed by atoms with Gasteiger partial charge >= 0.3 is 0 Å². The maximum Gasteiger partial charge on any atom is 0.175 e. The van der Waals surface area contributed by atoms with Crippen LogP contribution in [0.15, 0.2) is 66.1 Å². The van der Waals surface area contributed by atoms with E-state index in [0.29, 0.717) is 22.3 Å². The van der Waals surface area contributed by atoms with Crippen molar-refractivity contribution < 1.29 is 17.6 Å². The number of ketones is 1. The van der Waals surface area contributed by atoms with E-state index in [2.05, 4.69) is 13.5 Å². The van der Waals surface area contributed by atoms with E-state index in [4.69, 9.17) is 0 Å². The van der Waals surface area contributed by atoms with Gasteiger partial charge in [-0.2, -0.15) is 0 Å². The fourth-order valence-corrected chi connectivity index (χ4v) is 4.64. The van der Waals surface area contributed by atoms with Gasteiger partial charge in [-0.3, -0.25) is 4.79 Å². The van der Waals surface area contributed by atoms with E-state index in [1.165, 1.54) is 87.9 Å². The molecule has 0 aromatic heterocycles. The molecule has 1 aliphatic rings. The lowest BCUT2D eigenvalue weighted by molar-refractivity contribution is -0.111. The van der Waals surface area contributed by atoms with Crippen LogP contribution in [0.5, 0.6) is 0 Å². The van der Waals surface area contributed by atoms with Crippen molar-refractivity contribution in [3.63, 3.8) is 0 Å². The normalized spacial score (nSPS) is 14.5. The first-order valence-corrected chi connectivity index (χ1v) is 14.0. The van der Waals surface area contributed by atoms with Crippen molar-refractivity contribution in [2.45, 2.75) is 71.1 Å². The highest BCUT2D eigenvalue weighted by atomic mass is 32.2. The third kappa shape index (κ3) is 9.02. The Balaban J connectivity index is 0.000000483. The molecule has 34 heavy (non-hydrogen) atoms. The van der Waals surface area contributed by atoms with Crippen LogP contribution in [-0.4, -0.2) is 20.5 Å². The zero-order valence-corrected chi connectivity index (χ0v) is 22.1. The molecule has 3 rings (SSSR count). The number of hydrogen-bond donors (Lipinski definition) is 0. The number of halogens is 1. The summed E-state index contributed by atoms with van der Waals surface area (Å²) >= 11 is 0. The van der Waals surface area contributed by atoms with Gasteiger partial charge in [0.15, 0.2) is 15.6 Å². The summed E-state index contributed by atoms with van der Waals surface area (Å²) in [6, 6.07) is 11.8. The van der Waals surface area contributed by atoms with Crippen molar-refractivity contribution in [1.82, 2.24) is 0 Å². The summed E-state index contributed by atoms with van der Waals surface area (Å²) in [7, 11) is -3.30. The van der Waals surface area contributed by atoms with Crippen molar-refractivity contribution in [1.29, 1.82) is 0 Å². The Morgan fingerprint density at radius 3 is 1.85 bits per heavy atom. The zero-order chi connectivity index (χ0) is 25.7. The maximum absolute atomic E-state index is 13.1. The molecular formula is C29H39FO3S. The molecule has 1 saturated carbocycles. The number of allylic oxidation sites excluding steroid dienone is 3. The van der Waals surface area contributed by atoms with Crippen LogP contribution in [0.2, 0.25) is 0 Å². The minimum absolute atomic E-state index is 0.191. The minimum Gasteiger partial charge on any atom is -0.294 e. The fraction of sp³-hybridized carbons (Fsp3) is 0.414. The summed E-state index contributed by atoms with van der Waals surface area (Å²) in [6.07, 6.45) is 11.6. The monoisotopic (exact) mass is 486 g/mol. The van der Waals surface area contributed by atoms with E-state index in [1.54, 1.807) is 12.1 Å². The average molecular weight is 487 g/mol. The maximum atomic E-state index is 13.1. The van der Waals surface area contributed by atoms with Gasteiger partial charge in [-0.25, -0.2) is 12.8 Å². The van der Waals surface area contributed by atoms with E-state index in [9.17, 15) is 17.6 Å². The zero-order valence-electron chi connectivity index (χ0n) is 21.2. The van der Waals surface area contributed by atoms with E-state index in [1.807, 2.05) is 13.8 Å². The molecule has 0 saturated heterocycles. The lowest BCUT2D eigenvalue weighted by Gasteiger charge is -2.18. The van der Waals surface area contributed by atoms with Gasteiger partial charge in [-0.15, -0.1) is 0 Å². The average Bonchev–Trinajstić information content (AvgIpc) is 2.85. The summed E-state index contributed by atoms with van der Waals surface area (Å²) in [5.41, 5.74) is 2.20. The Bertz CT molecular complexity index is 1040. The molecule has 3 nitrogen and oxygen atoms in total. The Labute approximate surface area is 205 Å². The second kappa shape index (κ2) is 14.7. The van der Waals surface area contributed by atoms with Crippen molar-refractivity contribution in [3.8, 4) is 0 Å². The van der Waals surface area contributed by atoms with E-state index in [0.717, 1.165) is 12.2 Å². The van der Waals surface area contributed by atoms with Crippen LogP contribution in [0.1, 0.15) is 77.3 Å². The van der Waals surface area contributed by atoms with E-state index >= 15 is 0 Å². The molecule has 0 bridgehead atoms. The number of carbonyl (C=O) groups excluding carboxylic acids is 1. The molecule has 186 valence electrons. The predicted octanol–water partition coefficient (Wildman–Crippen LogP) is 7.92. The first kappa shape index (κ1) is 29.5. The second-order valence-corrected chi connectivity index (χ2v) is 10.3. The van der Waals surface area contributed by atoms with Gasteiger partial charge in [0.1, 0.15) is 5.82 Å². The molecule has 1 aliphatic carbocycles. The smallest absolute Gasteiger partial charge is 0.175 e. The highest BCUT2D eigenvalue weighted by molar-refractivity contribution is 7.90. The molecule has 1 fully saturated rings. The molecule has 0 amide bonds. The van der Waals surface area contributed by atoms with Crippen LogP contribution < -0.4 is 0 Å². The number of sulfone groups is 1.